The molecule has 4 aromatic carbocycles. The van der Waals surface area contributed by atoms with E-state index >= 15 is 0 Å². The molecule has 0 aliphatic carbocycles. The maximum Gasteiger partial charge on any atom is 0.123 e. The second-order valence-corrected chi connectivity index (χ2v) is 15.3. The zero-order chi connectivity index (χ0) is 37.9. The zero-order valence-electron chi connectivity index (χ0n) is 34.4. The summed E-state index contributed by atoms with van der Waals surface area (Å²) in [7, 11) is 0. The Morgan fingerprint density at radius 3 is 1.04 bits per heavy atom. The summed E-state index contributed by atoms with van der Waals surface area (Å²) in [5.74, 6) is 2.81. The first-order valence-corrected chi connectivity index (χ1v) is 22.0. The minimum atomic E-state index is 0.764. The van der Waals surface area contributed by atoms with Gasteiger partial charge in [0, 0.05) is 6.07 Å². The van der Waals surface area contributed by atoms with Crippen molar-refractivity contribution >= 4 is 0 Å². The summed E-state index contributed by atoms with van der Waals surface area (Å²) in [5.41, 5.74) is 7.76. The van der Waals surface area contributed by atoms with Gasteiger partial charge in [0.25, 0.3) is 0 Å². The lowest BCUT2D eigenvalue weighted by Crippen LogP contribution is -2.01. The van der Waals surface area contributed by atoms with Crippen LogP contribution in [0, 0.1) is 0 Å². The molecule has 4 aromatic rings. The second-order valence-electron chi connectivity index (χ2n) is 15.3. The van der Waals surface area contributed by atoms with Crippen LogP contribution in [-0.4, -0.2) is 19.8 Å². The standard InChI is InChI=1S/C51H72O3/c1-4-7-10-15-20-37-52-49-35-33-46(34-36-49)45-29-25-43(26-30-45)23-18-13-14-19-24-44-27-31-47(32-28-44)48-40-50(53-38-21-16-11-8-5-2)42-51(41-48)54-39-22-17-12-9-6-3/h25-36,40-42H,4-24,37-39H2,1-3H3. The lowest BCUT2D eigenvalue weighted by atomic mass is 9.99. The first-order valence-electron chi connectivity index (χ1n) is 22.0. The Morgan fingerprint density at radius 2 is 0.630 bits per heavy atom. The zero-order valence-corrected chi connectivity index (χ0v) is 34.4. The molecule has 0 aliphatic rings. The number of benzene rings is 4. The first kappa shape index (κ1) is 43.0. The van der Waals surface area contributed by atoms with Crippen LogP contribution in [0.25, 0.3) is 22.3 Å². The van der Waals surface area contributed by atoms with Gasteiger partial charge in [0.2, 0.25) is 0 Å². The van der Waals surface area contributed by atoms with Crippen LogP contribution in [0.2, 0.25) is 0 Å². The predicted octanol–water partition coefficient (Wildman–Crippen LogP) is 15.4. The molecule has 0 bridgehead atoms. The quantitative estimate of drug-likeness (QED) is 0.0500. The van der Waals surface area contributed by atoms with Crippen molar-refractivity contribution in [2.24, 2.45) is 0 Å². The van der Waals surface area contributed by atoms with E-state index in [-0.39, 0.29) is 0 Å². The third-order valence-electron chi connectivity index (χ3n) is 10.5. The number of ether oxygens (including phenoxy) is 3. The number of hydrogen-bond acceptors (Lipinski definition) is 3. The monoisotopic (exact) mass is 733 g/mol. The summed E-state index contributed by atoms with van der Waals surface area (Å²) >= 11 is 0. The largest absolute Gasteiger partial charge is 0.494 e. The Labute approximate surface area is 330 Å². The highest BCUT2D eigenvalue weighted by atomic mass is 16.5. The number of rotatable bonds is 30. The predicted molar refractivity (Wildman–Crippen MR) is 232 cm³/mol. The van der Waals surface area contributed by atoms with Gasteiger partial charge in [0.05, 0.1) is 19.8 Å². The van der Waals surface area contributed by atoms with Gasteiger partial charge < -0.3 is 14.2 Å². The molecule has 3 heteroatoms. The van der Waals surface area contributed by atoms with Gasteiger partial charge in [-0.1, -0.05) is 171 Å². The minimum absolute atomic E-state index is 0.764. The summed E-state index contributed by atoms with van der Waals surface area (Å²) in [4.78, 5) is 0. The molecular formula is C51H72O3. The summed E-state index contributed by atoms with van der Waals surface area (Å²) in [6.07, 6.45) is 26.0. The van der Waals surface area contributed by atoms with E-state index < -0.39 is 0 Å². The second kappa shape index (κ2) is 27.0. The molecule has 0 heterocycles. The van der Waals surface area contributed by atoms with Crippen LogP contribution < -0.4 is 14.2 Å². The average Bonchev–Trinajstić information content (AvgIpc) is 3.21. The Bertz CT molecular complexity index is 1470. The van der Waals surface area contributed by atoms with E-state index in [2.05, 4.69) is 112 Å². The molecule has 0 aromatic heterocycles. The van der Waals surface area contributed by atoms with E-state index in [4.69, 9.17) is 14.2 Å². The molecule has 0 aliphatic heterocycles. The third-order valence-corrected chi connectivity index (χ3v) is 10.5. The molecule has 0 saturated heterocycles. The Balaban J connectivity index is 1.17. The molecular weight excluding hydrogens is 661 g/mol. The smallest absolute Gasteiger partial charge is 0.123 e. The van der Waals surface area contributed by atoms with Crippen LogP contribution in [-0.2, 0) is 12.8 Å². The van der Waals surface area contributed by atoms with Gasteiger partial charge in [-0.05, 0) is 103 Å². The Kier molecular flexibility index (Phi) is 21.5. The van der Waals surface area contributed by atoms with E-state index in [0.717, 1.165) is 69.2 Å². The average molecular weight is 733 g/mol. The van der Waals surface area contributed by atoms with E-state index in [0.29, 0.717) is 0 Å². The molecule has 0 radical (unpaired) electrons. The normalized spacial score (nSPS) is 11.2. The van der Waals surface area contributed by atoms with Crippen molar-refractivity contribution in [1.82, 2.24) is 0 Å². The highest BCUT2D eigenvalue weighted by Gasteiger charge is 2.08. The SMILES string of the molecule is CCCCCCCOc1ccc(-c2ccc(CCCCCCc3ccc(-c4cc(OCCCCCCC)cc(OCCCCCCC)c4)cc3)cc2)cc1. The van der Waals surface area contributed by atoms with Crippen LogP contribution in [0.15, 0.2) is 91.0 Å². The van der Waals surface area contributed by atoms with Gasteiger partial charge in [-0.3, -0.25) is 0 Å². The summed E-state index contributed by atoms with van der Waals surface area (Å²) in [6.45, 7) is 9.12. The van der Waals surface area contributed by atoms with Crippen molar-refractivity contribution in [2.45, 2.75) is 156 Å². The van der Waals surface area contributed by atoms with Crippen molar-refractivity contribution in [3.05, 3.63) is 102 Å². The van der Waals surface area contributed by atoms with Gasteiger partial charge >= 0.3 is 0 Å². The van der Waals surface area contributed by atoms with E-state index in [9.17, 15) is 0 Å². The molecule has 0 unspecified atom stereocenters. The molecule has 54 heavy (non-hydrogen) atoms. The molecule has 4 rings (SSSR count). The van der Waals surface area contributed by atoms with Gasteiger partial charge in [0.1, 0.15) is 17.2 Å². The molecule has 0 amide bonds. The summed E-state index contributed by atoms with van der Waals surface area (Å²) < 4.78 is 18.5. The number of unbranched alkanes of at least 4 members (excludes halogenated alkanes) is 15. The van der Waals surface area contributed by atoms with Gasteiger partial charge in [0.15, 0.2) is 0 Å². The summed E-state index contributed by atoms with van der Waals surface area (Å²) in [6, 6.07) is 33.3. The third kappa shape index (κ3) is 17.2. The topological polar surface area (TPSA) is 27.7 Å². The molecule has 0 saturated carbocycles. The number of hydrogen-bond donors (Lipinski definition) is 0. The maximum atomic E-state index is 6.25. The lowest BCUT2D eigenvalue weighted by molar-refractivity contribution is 0.290. The minimum Gasteiger partial charge on any atom is -0.494 e. The highest BCUT2D eigenvalue weighted by Crippen LogP contribution is 2.31. The highest BCUT2D eigenvalue weighted by molar-refractivity contribution is 5.67. The van der Waals surface area contributed by atoms with Crippen LogP contribution in [0.1, 0.15) is 154 Å². The summed E-state index contributed by atoms with van der Waals surface area (Å²) in [5, 5.41) is 0. The fourth-order valence-electron chi connectivity index (χ4n) is 7.08. The fourth-order valence-corrected chi connectivity index (χ4v) is 7.08. The Hall–Kier alpha value is -3.72. The molecule has 0 atom stereocenters. The molecule has 294 valence electrons. The van der Waals surface area contributed by atoms with Crippen LogP contribution in [0.5, 0.6) is 17.2 Å². The van der Waals surface area contributed by atoms with Crippen LogP contribution in [0.3, 0.4) is 0 Å². The van der Waals surface area contributed by atoms with Crippen molar-refractivity contribution < 1.29 is 14.2 Å². The number of aryl methyl sites for hydroxylation is 2. The molecule has 0 spiro atoms. The van der Waals surface area contributed by atoms with Crippen molar-refractivity contribution in [3.63, 3.8) is 0 Å². The van der Waals surface area contributed by atoms with E-state index in [1.54, 1.807) is 0 Å². The van der Waals surface area contributed by atoms with Crippen molar-refractivity contribution in [2.75, 3.05) is 19.8 Å². The van der Waals surface area contributed by atoms with Gasteiger partial charge in [-0.25, -0.2) is 0 Å². The molecule has 0 N–H and O–H groups in total. The maximum absolute atomic E-state index is 6.25. The molecule has 0 fully saturated rings. The molecule has 3 nitrogen and oxygen atoms in total. The lowest BCUT2D eigenvalue weighted by Gasteiger charge is -2.13. The van der Waals surface area contributed by atoms with Crippen molar-refractivity contribution in [1.29, 1.82) is 0 Å². The van der Waals surface area contributed by atoms with Crippen LogP contribution in [0.4, 0.5) is 0 Å². The van der Waals surface area contributed by atoms with Crippen molar-refractivity contribution in [3.8, 4) is 39.5 Å². The van der Waals surface area contributed by atoms with E-state index in [1.165, 1.54) is 136 Å². The first-order chi connectivity index (χ1) is 26.7. The Morgan fingerprint density at radius 1 is 0.296 bits per heavy atom. The van der Waals surface area contributed by atoms with Gasteiger partial charge in [-0.2, -0.15) is 0 Å². The van der Waals surface area contributed by atoms with Gasteiger partial charge in [-0.15, -0.1) is 0 Å². The fraction of sp³-hybridized carbons (Fsp3) is 0.529. The van der Waals surface area contributed by atoms with Crippen LogP contribution >= 0.6 is 0 Å². The van der Waals surface area contributed by atoms with E-state index in [1.807, 2.05) is 0 Å².